The Morgan fingerprint density at radius 3 is 2.81 bits per heavy atom. The van der Waals surface area contributed by atoms with E-state index in [4.69, 9.17) is 9.15 Å². The second kappa shape index (κ2) is 10.4. The van der Waals surface area contributed by atoms with Crippen LogP contribution in [0.3, 0.4) is 0 Å². The molecule has 32 heavy (non-hydrogen) atoms. The van der Waals surface area contributed by atoms with Gasteiger partial charge in [-0.15, -0.1) is 0 Å². The Kier molecular flexibility index (Phi) is 7.17. The molecule has 0 saturated carbocycles. The number of carbonyl (C=O) groups is 1. The third-order valence-corrected chi connectivity index (χ3v) is 5.80. The van der Waals surface area contributed by atoms with Gasteiger partial charge in [-0.1, -0.05) is 18.2 Å². The van der Waals surface area contributed by atoms with Crippen LogP contribution in [0.5, 0.6) is 5.75 Å². The average molecular weight is 435 g/mol. The smallest absolute Gasteiger partial charge is 0.236 e. The number of likely N-dealkylation sites (N-methyl/N-ethyl adjacent to an activating group) is 1. The highest BCUT2D eigenvalue weighted by molar-refractivity contribution is 5.78. The minimum atomic E-state index is 0.137. The zero-order valence-corrected chi connectivity index (χ0v) is 18.7. The number of amides is 1. The molecule has 1 fully saturated rings. The number of rotatable bonds is 8. The maximum atomic E-state index is 12.9. The normalized spacial score (nSPS) is 16.3. The van der Waals surface area contributed by atoms with E-state index in [0.29, 0.717) is 26.1 Å². The van der Waals surface area contributed by atoms with E-state index in [2.05, 4.69) is 9.97 Å². The van der Waals surface area contributed by atoms with Gasteiger partial charge in [0.25, 0.3) is 0 Å². The number of likely N-dealkylation sites (tertiary alicyclic amines) is 1. The lowest BCUT2D eigenvalue weighted by atomic mass is 9.98. The van der Waals surface area contributed by atoms with Gasteiger partial charge in [-0.2, -0.15) is 0 Å². The number of carbonyl (C=O) groups excluding carboxylic acids is 1. The molecule has 168 valence electrons. The van der Waals surface area contributed by atoms with Crippen LogP contribution in [0.25, 0.3) is 0 Å². The molecule has 1 aromatic carbocycles. The molecule has 7 heteroatoms. The molecule has 4 rings (SSSR count). The lowest BCUT2D eigenvalue weighted by Crippen LogP contribution is -2.43. The van der Waals surface area contributed by atoms with Gasteiger partial charge in [0.15, 0.2) is 5.89 Å². The Labute approximate surface area is 189 Å². The Morgan fingerprint density at radius 1 is 1.22 bits per heavy atom. The molecule has 1 atom stereocenters. The summed E-state index contributed by atoms with van der Waals surface area (Å²) in [4.78, 5) is 25.7. The van der Waals surface area contributed by atoms with Crippen LogP contribution < -0.4 is 4.74 Å². The number of nitrogens with zero attached hydrogens (tertiary/aromatic N) is 4. The van der Waals surface area contributed by atoms with Gasteiger partial charge < -0.3 is 14.1 Å². The van der Waals surface area contributed by atoms with E-state index >= 15 is 0 Å². The van der Waals surface area contributed by atoms with Crippen LogP contribution in [-0.2, 0) is 17.8 Å². The van der Waals surface area contributed by atoms with E-state index in [1.54, 1.807) is 19.5 Å². The molecule has 1 amide bonds. The Bertz CT molecular complexity index is 1000. The zero-order chi connectivity index (χ0) is 22.3. The Hall–Kier alpha value is -3.19. The first-order chi connectivity index (χ1) is 15.6. The van der Waals surface area contributed by atoms with Gasteiger partial charge in [-0.3, -0.25) is 14.7 Å². The maximum Gasteiger partial charge on any atom is 0.236 e. The molecule has 0 aliphatic carbocycles. The van der Waals surface area contributed by atoms with Crippen molar-refractivity contribution in [2.75, 3.05) is 33.8 Å². The van der Waals surface area contributed by atoms with E-state index in [0.717, 1.165) is 48.0 Å². The summed E-state index contributed by atoms with van der Waals surface area (Å²) in [5, 5.41) is 0. The topological polar surface area (TPSA) is 71.7 Å². The summed E-state index contributed by atoms with van der Waals surface area (Å²) < 4.78 is 11.3. The molecule has 0 radical (unpaired) electrons. The summed E-state index contributed by atoms with van der Waals surface area (Å²) in [5.41, 5.74) is 2.10. The molecule has 1 saturated heterocycles. The molecule has 3 aromatic rings. The van der Waals surface area contributed by atoms with E-state index < -0.39 is 0 Å². The average Bonchev–Trinajstić information content (AvgIpc) is 3.29. The zero-order valence-electron chi connectivity index (χ0n) is 18.7. The predicted molar refractivity (Wildman–Crippen MR) is 121 cm³/mol. The summed E-state index contributed by atoms with van der Waals surface area (Å²) in [6.07, 6.45) is 6.21. The summed E-state index contributed by atoms with van der Waals surface area (Å²) in [6.45, 7) is 2.46. The van der Waals surface area contributed by atoms with Gasteiger partial charge in [0.05, 0.1) is 31.5 Å². The van der Waals surface area contributed by atoms with E-state index in [1.165, 1.54) is 0 Å². The molecule has 1 unspecified atom stereocenters. The van der Waals surface area contributed by atoms with Gasteiger partial charge in [-0.25, -0.2) is 4.98 Å². The number of methoxy groups -OCH3 is 1. The van der Waals surface area contributed by atoms with Crippen LogP contribution >= 0.6 is 0 Å². The van der Waals surface area contributed by atoms with Crippen molar-refractivity contribution in [1.29, 1.82) is 0 Å². The molecular weight excluding hydrogens is 404 g/mol. The van der Waals surface area contributed by atoms with E-state index in [1.807, 2.05) is 59.3 Å². The molecule has 3 heterocycles. The largest absolute Gasteiger partial charge is 0.497 e. The minimum Gasteiger partial charge on any atom is -0.497 e. The summed E-state index contributed by atoms with van der Waals surface area (Å²) in [5.74, 6) is 2.68. The van der Waals surface area contributed by atoms with E-state index in [9.17, 15) is 4.79 Å². The lowest BCUT2D eigenvalue weighted by Gasteiger charge is -2.32. The number of ether oxygens (including phenoxy) is 1. The highest BCUT2D eigenvalue weighted by Gasteiger charge is 2.28. The fraction of sp³-hybridized carbons (Fsp3) is 0.400. The predicted octanol–water partition coefficient (Wildman–Crippen LogP) is 3.51. The maximum absolute atomic E-state index is 12.9. The van der Waals surface area contributed by atoms with Gasteiger partial charge in [-0.05, 0) is 49.7 Å². The number of hydrogen-bond acceptors (Lipinski definition) is 6. The molecule has 0 N–H and O–H groups in total. The molecule has 1 aliphatic rings. The molecule has 0 bridgehead atoms. The number of hydrogen-bond donors (Lipinski definition) is 0. The summed E-state index contributed by atoms with van der Waals surface area (Å²) >= 11 is 0. The van der Waals surface area contributed by atoms with Crippen molar-refractivity contribution in [1.82, 2.24) is 19.8 Å². The molecule has 1 aliphatic heterocycles. The molecular formula is C25H30N4O3. The fourth-order valence-electron chi connectivity index (χ4n) is 4.10. The minimum absolute atomic E-state index is 0.137. The van der Waals surface area contributed by atoms with Crippen LogP contribution in [0.1, 0.15) is 41.7 Å². The van der Waals surface area contributed by atoms with Crippen molar-refractivity contribution >= 4 is 5.91 Å². The van der Waals surface area contributed by atoms with Gasteiger partial charge in [0.1, 0.15) is 11.5 Å². The second-order valence-corrected chi connectivity index (χ2v) is 8.36. The van der Waals surface area contributed by atoms with Crippen molar-refractivity contribution in [2.24, 2.45) is 0 Å². The number of pyridine rings is 1. The van der Waals surface area contributed by atoms with Gasteiger partial charge in [0.2, 0.25) is 5.91 Å². The Morgan fingerprint density at radius 2 is 2.06 bits per heavy atom. The first kappa shape index (κ1) is 22.0. The fourth-order valence-corrected chi connectivity index (χ4v) is 4.10. The molecule has 2 aromatic heterocycles. The molecule has 0 spiro atoms. The van der Waals surface area contributed by atoms with Crippen molar-refractivity contribution in [3.63, 3.8) is 0 Å². The van der Waals surface area contributed by atoms with Crippen LogP contribution in [0.2, 0.25) is 0 Å². The first-order valence-electron chi connectivity index (χ1n) is 11.0. The van der Waals surface area contributed by atoms with Crippen molar-refractivity contribution < 1.29 is 13.9 Å². The number of benzene rings is 1. The second-order valence-electron chi connectivity index (χ2n) is 8.36. The third-order valence-electron chi connectivity index (χ3n) is 5.80. The monoisotopic (exact) mass is 434 g/mol. The number of aromatic nitrogens is 2. The standard InChI is InChI=1S/C25H30N4O3/c1-28(17-21-7-3-4-12-26-21)18-24(30)29-13-5-6-20(16-29)25-27-15-23(32-25)14-19-8-10-22(31-2)11-9-19/h3-4,7-12,15,20H,5-6,13-14,16-18H2,1-2H3. The number of piperidine rings is 1. The lowest BCUT2D eigenvalue weighted by molar-refractivity contribution is -0.133. The van der Waals surface area contributed by atoms with Crippen LogP contribution in [-0.4, -0.2) is 59.5 Å². The summed E-state index contributed by atoms with van der Waals surface area (Å²) in [7, 11) is 3.61. The van der Waals surface area contributed by atoms with Crippen LogP contribution in [0.15, 0.2) is 59.3 Å². The van der Waals surface area contributed by atoms with Gasteiger partial charge in [0, 0.05) is 32.3 Å². The summed E-state index contributed by atoms with van der Waals surface area (Å²) in [6, 6.07) is 13.8. The van der Waals surface area contributed by atoms with Gasteiger partial charge >= 0.3 is 0 Å². The van der Waals surface area contributed by atoms with Crippen molar-refractivity contribution in [3.8, 4) is 5.75 Å². The molecule has 7 nitrogen and oxygen atoms in total. The van der Waals surface area contributed by atoms with Crippen molar-refractivity contribution in [3.05, 3.63) is 77.8 Å². The third kappa shape index (κ3) is 5.73. The quantitative estimate of drug-likeness (QED) is 0.540. The Balaban J connectivity index is 1.31. The first-order valence-corrected chi connectivity index (χ1v) is 11.0. The van der Waals surface area contributed by atoms with Crippen molar-refractivity contribution in [2.45, 2.75) is 31.7 Å². The highest BCUT2D eigenvalue weighted by Crippen LogP contribution is 2.27. The van der Waals surface area contributed by atoms with Crippen LogP contribution in [0, 0.1) is 0 Å². The van der Waals surface area contributed by atoms with Crippen LogP contribution in [0.4, 0.5) is 0 Å². The highest BCUT2D eigenvalue weighted by atomic mass is 16.5. The van der Waals surface area contributed by atoms with E-state index in [-0.39, 0.29) is 11.8 Å². The SMILES string of the molecule is COc1ccc(Cc2cnc(C3CCCN(C(=O)CN(C)Cc4ccccn4)C3)o2)cc1. The number of oxazole rings is 1.